The van der Waals surface area contributed by atoms with Gasteiger partial charge in [0.05, 0.1) is 18.2 Å². The third-order valence-corrected chi connectivity index (χ3v) is 3.89. The Morgan fingerprint density at radius 2 is 2.32 bits per heavy atom. The number of ether oxygens (including phenoxy) is 1. The van der Waals surface area contributed by atoms with Gasteiger partial charge in [-0.2, -0.15) is 0 Å². The zero-order chi connectivity index (χ0) is 13.7. The van der Waals surface area contributed by atoms with E-state index in [2.05, 4.69) is 37.4 Å². The minimum absolute atomic E-state index is 0.157. The highest BCUT2D eigenvalue weighted by molar-refractivity contribution is 5.48. The molecule has 1 aliphatic heterocycles. The van der Waals surface area contributed by atoms with Crippen LogP contribution in [0.25, 0.3) is 0 Å². The van der Waals surface area contributed by atoms with Gasteiger partial charge in [-0.15, -0.1) is 0 Å². The molecule has 2 unspecified atom stereocenters. The van der Waals surface area contributed by atoms with E-state index in [1.807, 2.05) is 6.07 Å². The van der Waals surface area contributed by atoms with Crippen LogP contribution < -0.4 is 5.32 Å². The van der Waals surface area contributed by atoms with E-state index in [1.54, 1.807) is 0 Å². The summed E-state index contributed by atoms with van der Waals surface area (Å²) >= 11 is 0. The molecule has 2 rings (SSSR count). The van der Waals surface area contributed by atoms with Crippen molar-refractivity contribution < 1.29 is 9.84 Å². The van der Waals surface area contributed by atoms with E-state index in [0.29, 0.717) is 0 Å². The van der Waals surface area contributed by atoms with E-state index >= 15 is 0 Å². The van der Waals surface area contributed by atoms with Crippen LogP contribution in [0.2, 0.25) is 0 Å². The molecule has 0 aliphatic carbocycles. The minimum atomic E-state index is -0.230. The zero-order valence-corrected chi connectivity index (χ0v) is 12.0. The van der Waals surface area contributed by atoms with Gasteiger partial charge in [0.25, 0.3) is 0 Å². The first-order valence-electron chi connectivity index (χ1n) is 7.25. The predicted molar refractivity (Wildman–Crippen MR) is 78.5 cm³/mol. The molecule has 1 saturated heterocycles. The van der Waals surface area contributed by atoms with Gasteiger partial charge in [-0.25, -0.2) is 0 Å². The van der Waals surface area contributed by atoms with Crippen LogP contribution in [0.4, 0.5) is 5.69 Å². The molecule has 3 heteroatoms. The Kier molecular flexibility index (Phi) is 4.83. The predicted octanol–water partition coefficient (Wildman–Crippen LogP) is 3.12. The van der Waals surface area contributed by atoms with E-state index in [4.69, 9.17) is 4.74 Å². The Labute approximate surface area is 116 Å². The first kappa shape index (κ1) is 14.4. The monoisotopic (exact) mass is 263 g/mol. The lowest BCUT2D eigenvalue weighted by Gasteiger charge is -2.41. The summed E-state index contributed by atoms with van der Waals surface area (Å²) in [4.78, 5) is 0. The van der Waals surface area contributed by atoms with Gasteiger partial charge in [0.2, 0.25) is 0 Å². The van der Waals surface area contributed by atoms with Crippen LogP contribution in [0, 0.1) is 6.92 Å². The average molecular weight is 263 g/mol. The third kappa shape index (κ3) is 3.71. The van der Waals surface area contributed by atoms with Crippen LogP contribution in [0.5, 0.6) is 0 Å². The van der Waals surface area contributed by atoms with Gasteiger partial charge >= 0.3 is 0 Å². The quantitative estimate of drug-likeness (QED) is 0.857. The molecule has 3 nitrogen and oxygen atoms in total. The molecule has 1 fully saturated rings. The highest BCUT2D eigenvalue weighted by atomic mass is 16.5. The highest BCUT2D eigenvalue weighted by Gasteiger charge is 2.36. The van der Waals surface area contributed by atoms with Crippen molar-refractivity contribution in [2.24, 2.45) is 0 Å². The fraction of sp³-hybridized carbons (Fsp3) is 0.625. The lowest BCUT2D eigenvalue weighted by atomic mass is 9.85. The molecule has 2 N–H and O–H groups in total. The zero-order valence-electron chi connectivity index (χ0n) is 12.0. The molecule has 2 atom stereocenters. The van der Waals surface area contributed by atoms with Gasteiger partial charge in [0.15, 0.2) is 0 Å². The van der Waals surface area contributed by atoms with E-state index in [0.717, 1.165) is 38.0 Å². The summed E-state index contributed by atoms with van der Waals surface area (Å²) in [7, 11) is 0. The van der Waals surface area contributed by atoms with Crippen molar-refractivity contribution >= 4 is 5.69 Å². The summed E-state index contributed by atoms with van der Waals surface area (Å²) in [6.45, 7) is 5.14. The molecule has 0 saturated carbocycles. The SMILES string of the molecule is CCCC1CC(CO)(Nc2cccc(C)c2)CCO1. The van der Waals surface area contributed by atoms with Gasteiger partial charge in [-0.05, 0) is 43.9 Å². The molecule has 0 aromatic heterocycles. The van der Waals surface area contributed by atoms with Crippen molar-refractivity contribution in [2.75, 3.05) is 18.5 Å². The van der Waals surface area contributed by atoms with Crippen LogP contribution in [-0.2, 0) is 4.74 Å². The Bertz CT molecular complexity index is 405. The summed E-state index contributed by atoms with van der Waals surface area (Å²) in [5, 5.41) is 13.4. The molecule has 1 aromatic rings. The number of benzene rings is 1. The number of aryl methyl sites for hydroxylation is 1. The fourth-order valence-electron chi connectivity index (χ4n) is 2.85. The fourth-order valence-corrected chi connectivity index (χ4v) is 2.85. The molecular formula is C16H25NO2. The van der Waals surface area contributed by atoms with Gasteiger partial charge < -0.3 is 15.2 Å². The number of aliphatic hydroxyl groups excluding tert-OH is 1. The van der Waals surface area contributed by atoms with Crippen molar-refractivity contribution in [1.82, 2.24) is 0 Å². The van der Waals surface area contributed by atoms with Crippen LogP contribution in [0.15, 0.2) is 24.3 Å². The molecule has 0 spiro atoms. The van der Waals surface area contributed by atoms with Crippen LogP contribution in [-0.4, -0.2) is 30.0 Å². The summed E-state index contributed by atoms with van der Waals surface area (Å²) in [6.07, 6.45) is 4.19. The topological polar surface area (TPSA) is 41.5 Å². The maximum Gasteiger partial charge on any atom is 0.0663 e. The van der Waals surface area contributed by atoms with E-state index in [1.165, 1.54) is 5.56 Å². The van der Waals surface area contributed by atoms with E-state index in [-0.39, 0.29) is 18.2 Å². The van der Waals surface area contributed by atoms with Gasteiger partial charge in [0.1, 0.15) is 0 Å². The number of nitrogens with one attached hydrogen (secondary N) is 1. The first-order chi connectivity index (χ1) is 9.17. The third-order valence-electron chi connectivity index (χ3n) is 3.89. The minimum Gasteiger partial charge on any atom is -0.394 e. The molecule has 19 heavy (non-hydrogen) atoms. The molecular weight excluding hydrogens is 238 g/mol. The summed E-state index contributed by atoms with van der Waals surface area (Å²) < 4.78 is 5.79. The van der Waals surface area contributed by atoms with Gasteiger partial charge in [0, 0.05) is 12.3 Å². The summed E-state index contributed by atoms with van der Waals surface area (Å²) in [5.41, 5.74) is 2.09. The van der Waals surface area contributed by atoms with Crippen LogP contribution in [0.3, 0.4) is 0 Å². The largest absolute Gasteiger partial charge is 0.394 e. The normalized spacial score (nSPS) is 27.2. The maximum absolute atomic E-state index is 9.84. The molecule has 0 bridgehead atoms. The second kappa shape index (κ2) is 6.40. The Balaban J connectivity index is 2.09. The van der Waals surface area contributed by atoms with Crippen molar-refractivity contribution in [2.45, 2.75) is 51.2 Å². The maximum atomic E-state index is 9.84. The van der Waals surface area contributed by atoms with Crippen molar-refractivity contribution in [1.29, 1.82) is 0 Å². The lowest BCUT2D eigenvalue weighted by molar-refractivity contribution is -0.0299. The molecule has 0 radical (unpaired) electrons. The van der Waals surface area contributed by atoms with Crippen molar-refractivity contribution in [3.63, 3.8) is 0 Å². The molecule has 0 amide bonds. The van der Waals surface area contributed by atoms with Crippen molar-refractivity contribution in [3.05, 3.63) is 29.8 Å². The molecule has 1 heterocycles. The van der Waals surface area contributed by atoms with Gasteiger partial charge in [-0.1, -0.05) is 25.5 Å². The van der Waals surface area contributed by atoms with Crippen LogP contribution >= 0.6 is 0 Å². The second-order valence-corrected chi connectivity index (χ2v) is 5.67. The Hall–Kier alpha value is -1.06. The number of aliphatic hydroxyl groups is 1. The van der Waals surface area contributed by atoms with Gasteiger partial charge in [-0.3, -0.25) is 0 Å². The lowest BCUT2D eigenvalue weighted by Crippen LogP contribution is -2.49. The number of hydrogen-bond acceptors (Lipinski definition) is 3. The van der Waals surface area contributed by atoms with E-state index < -0.39 is 0 Å². The van der Waals surface area contributed by atoms with Crippen LogP contribution in [0.1, 0.15) is 38.2 Å². The highest BCUT2D eigenvalue weighted by Crippen LogP contribution is 2.30. The number of rotatable bonds is 5. The molecule has 1 aromatic carbocycles. The molecule has 1 aliphatic rings. The number of anilines is 1. The average Bonchev–Trinajstić information content (AvgIpc) is 2.39. The molecule has 106 valence electrons. The smallest absolute Gasteiger partial charge is 0.0663 e. The second-order valence-electron chi connectivity index (χ2n) is 5.67. The number of hydrogen-bond donors (Lipinski definition) is 2. The summed E-state index contributed by atoms with van der Waals surface area (Å²) in [6, 6.07) is 8.32. The first-order valence-corrected chi connectivity index (χ1v) is 7.25. The van der Waals surface area contributed by atoms with E-state index in [9.17, 15) is 5.11 Å². The van der Waals surface area contributed by atoms with Crippen molar-refractivity contribution in [3.8, 4) is 0 Å². The standard InChI is InChI=1S/C16H25NO2/c1-3-5-15-11-16(12-18,8-9-19-15)17-14-7-4-6-13(2)10-14/h4,6-7,10,15,17-18H,3,5,8-9,11-12H2,1-2H3. The Morgan fingerprint density at radius 3 is 3.00 bits per heavy atom. The Morgan fingerprint density at radius 1 is 1.47 bits per heavy atom. The summed E-state index contributed by atoms with van der Waals surface area (Å²) in [5.74, 6) is 0.